The van der Waals surface area contributed by atoms with Crippen molar-refractivity contribution in [1.82, 2.24) is 14.8 Å². The van der Waals surface area contributed by atoms with Crippen LogP contribution in [0.1, 0.15) is 43.4 Å². The number of nitrogens with two attached hydrogens (primary N) is 1. The van der Waals surface area contributed by atoms with Gasteiger partial charge in [-0.05, 0) is 36.8 Å². The summed E-state index contributed by atoms with van der Waals surface area (Å²) < 4.78 is 15.5. The molecule has 0 aliphatic rings. The monoisotopic (exact) mass is 487 g/mol. The first-order valence-corrected chi connectivity index (χ1v) is 10.5. The Labute approximate surface area is 203 Å². The van der Waals surface area contributed by atoms with E-state index < -0.39 is 17.6 Å². The van der Waals surface area contributed by atoms with Gasteiger partial charge in [-0.1, -0.05) is 23.7 Å². The maximum absolute atomic E-state index is 14.0. The van der Waals surface area contributed by atoms with Crippen molar-refractivity contribution in [3.63, 3.8) is 0 Å². The standard InChI is InChI=1S/C24H15ClFN7O2/c1-12-22(21(10-28)32-33(12)11-14-4-2-13(9-27)3-5-14)31-24(35)16-7-20(23(29)34)30-19-8-18(26)17(25)6-15(16)19/h2-8H,11H2,1H3,(H2,29,34)(H,31,35). The van der Waals surface area contributed by atoms with Gasteiger partial charge in [-0.25, -0.2) is 9.37 Å². The number of primary amides is 1. The second-order valence-corrected chi connectivity index (χ2v) is 7.95. The molecule has 0 fully saturated rings. The molecule has 0 saturated heterocycles. The fourth-order valence-corrected chi connectivity index (χ4v) is 3.67. The molecule has 3 N–H and O–H groups in total. The SMILES string of the molecule is Cc1c(NC(=O)c2cc(C(N)=O)nc3cc(F)c(Cl)cc23)c(C#N)nn1Cc1ccc(C#N)cc1. The third kappa shape index (κ3) is 4.51. The third-order valence-corrected chi connectivity index (χ3v) is 5.60. The molecule has 0 bridgehead atoms. The molecule has 2 amide bonds. The molecule has 0 radical (unpaired) electrons. The molecular weight excluding hydrogens is 473 g/mol. The molecule has 0 unspecified atom stereocenters. The normalized spacial score (nSPS) is 10.5. The van der Waals surface area contributed by atoms with E-state index in [0.717, 1.165) is 11.6 Å². The number of hydrogen-bond acceptors (Lipinski definition) is 6. The minimum atomic E-state index is -0.902. The van der Waals surface area contributed by atoms with Crippen molar-refractivity contribution < 1.29 is 14.0 Å². The summed E-state index contributed by atoms with van der Waals surface area (Å²) in [5, 5.41) is 25.4. The van der Waals surface area contributed by atoms with Crippen LogP contribution in [0.5, 0.6) is 0 Å². The van der Waals surface area contributed by atoms with Gasteiger partial charge in [0, 0.05) is 11.5 Å². The number of nitriles is 2. The molecule has 2 aromatic heterocycles. The van der Waals surface area contributed by atoms with Gasteiger partial charge in [0.1, 0.15) is 23.3 Å². The quantitative estimate of drug-likeness (QED) is 0.438. The van der Waals surface area contributed by atoms with Gasteiger partial charge in [-0.15, -0.1) is 0 Å². The van der Waals surface area contributed by atoms with Crippen LogP contribution in [-0.4, -0.2) is 26.6 Å². The van der Waals surface area contributed by atoms with Crippen molar-refractivity contribution in [2.24, 2.45) is 5.73 Å². The lowest BCUT2D eigenvalue weighted by Crippen LogP contribution is -2.18. The van der Waals surface area contributed by atoms with E-state index in [4.69, 9.17) is 22.6 Å². The van der Waals surface area contributed by atoms with Crippen LogP contribution >= 0.6 is 11.6 Å². The third-order valence-electron chi connectivity index (χ3n) is 5.31. The summed E-state index contributed by atoms with van der Waals surface area (Å²) in [5.41, 5.74) is 7.06. The Morgan fingerprint density at radius 3 is 2.51 bits per heavy atom. The molecule has 2 aromatic carbocycles. The summed E-state index contributed by atoms with van der Waals surface area (Å²) in [6.45, 7) is 1.97. The summed E-state index contributed by atoms with van der Waals surface area (Å²) in [6, 6.07) is 14.3. The number of pyridine rings is 1. The molecule has 9 nitrogen and oxygen atoms in total. The van der Waals surface area contributed by atoms with Gasteiger partial charge in [-0.2, -0.15) is 15.6 Å². The minimum absolute atomic E-state index is 0.0158. The highest BCUT2D eigenvalue weighted by atomic mass is 35.5. The Morgan fingerprint density at radius 1 is 1.17 bits per heavy atom. The zero-order chi connectivity index (χ0) is 25.3. The maximum atomic E-state index is 14.0. The lowest BCUT2D eigenvalue weighted by atomic mass is 10.1. The Bertz CT molecular complexity index is 1600. The first kappa shape index (κ1) is 23.4. The lowest BCUT2D eigenvalue weighted by Gasteiger charge is -2.11. The van der Waals surface area contributed by atoms with Crippen molar-refractivity contribution in [3.05, 3.63) is 87.1 Å². The zero-order valence-corrected chi connectivity index (χ0v) is 18.9. The fourth-order valence-electron chi connectivity index (χ4n) is 3.50. The topological polar surface area (TPSA) is 150 Å². The molecule has 35 heavy (non-hydrogen) atoms. The predicted octanol–water partition coefficient (Wildman–Crippen LogP) is 3.68. The van der Waals surface area contributed by atoms with Crippen molar-refractivity contribution in [1.29, 1.82) is 10.5 Å². The van der Waals surface area contributed by atoms with Gasteiger partial charge in [0.05, 0.1) is 40.0 Å². The highest BCUT2D eigenvalue weighted by molar-refractivity contribution is 6.31. The average molecular weight is 488 g/mol. The van der Waals surface area contributed by atoms with Crippen LogP contribution in [0.4, 0.5) is 10.1 Å². The van der Waals surface area contributed by atoms with Crippen molar-refractivity contribution >= 4 is 40.0 Å². The number of carbonyl (C=O) groups excluding carboxylic acids is 2. The number of aromatic nitrogens is 3. The number of nitrogens with one attached hydrogen (secondary N) is 1. The Hall–Kier alpha value is -4.80. The highest BCUT2D eigenvalue weighted by Crippen LogP contribution is 2.27. The molecule has 4 aromatic rings. The summed E-state index contributed by atoms with van der Waals surface area (Å²) >= 11 is 5.90. The summed E-state index contributed by atoms with van der Waals surface area (Å²) in [6.07, 6.45) is 0. The molecular formula is C24H15ClFN7O2. The lowest BCUT2D eigenvalue weighted by molar-refractivity contribution is 0.0996. The number of benzene rings is 2. The van der Waals surface area contributed by atoms with E-state index in [-0.39, 0.29) is 38.6 Å². The van der Waals surface area contributed by atoms with E-state index in [1.165, 1.54) is 12.1 Å². The Kier molecular flexibility index (Phi) is 6.15. The maximum Gasteiger partial charge on any atom is 0.267 e. The van der Waals surface area contributed by atoms with E-state index in [1.54, 1.807) is 35.9 Å². The van der Waals surface area contributed by atoms with Gasteiger partial charge < -0.3 is 11.1 Å². The number of carbonyl (C=O) groups is 2. The summed E-state index contributed by atoms with van der Waals surface area (Å²) in [4.78, 5) is 29.0. The molecule has 0 spiro atoms. The highest BCUT2D eigenvalue weighted by Gasteiger charge is 2.22. The number of amides is 2. The van der Waals surface area contributed by atoms with Crippen molar-refractivity contribution in [3.8, 4) is 12.1 Å². The first-order chi connectivity index (χ1) is 16.7. The van der Waals surface area contributed by atoms with Gasteiger partial charge in [0.2, 0.25) is 0 Å². The van der Waals surface area contributed by atoms with Crippen LogP contribution in [0.3, 0.4) is 0 Å². The largest absolute Gasteiger partial charge is 0.364 e. The zero-order valence-electron chi connectivity index (χ0n) is 18.1. The van der Waals surface area contributed by atoms with Crippen LogP contribution in [0.25, 0.3) is 10.9 Å². The summed E-state index contributed by atoms with van der Waals surface area (Å²) in [7, 11) is 0. The van der Waals surface area contributed by atoms with Crippen LogP contribution in [0.2, 0.25) is 5.02 Å². The van der Waals surface area contributed by atoms with Gasteiger partial charge >= 0.3 is 0 Å². The molecule has 172 valence electrons. The van der Waals surface area contributed by atoms with Crippen LogP contribution in [0, 0.1) is 35.4 Å². The second kappa shape index (κ2) is 9.21. The fraction of sp³-hybridized carbons (Fsp3) is 0.0833. The minimum Gasteiger partial charge on any atom is -0.364 e. The average Bonchev–Trinajstić information content (AvgIpc) is 3.13. The van der Waals surface area contributed by atoms with Gasteiger partial charge in [0.25, 0.3) is 11.8 Å². The van der Waals surface area contributed by atoms with Crippen molar-refractivity contribution in [2.75, 3.05) is 5.32 Å². The molecule has 2 heterocycles. The molecule has 0 atom stereocenters. The number of fused-ring (bicyclic) bond motifs is 1. The van der Waals surface area contributed by atoms with Crippen LogP contribution < -0.4 is 11.1 Å². The van der Waals surface area contributed by atoms with Gasteiger partial charge in [-0.3, -0.25) is 14.3 Å². The van der Waals surface area contributed by atoms with E-state index >= 15 is 0 Å². The number of hydrogen-bond donors (Lipinski definition) is 2. The smallest absolute Gasteiger partial charge is 0.267 e. The molecule has 0 aliphatic heterocycles. The summed E-state index contributed by atoms with van der Waals surface area (Å²) in [5.74, 6) is -2.37. The van der Waals surface area contributed by atoms with E-state index in [1.807, 2.05) is 12.1 Å². The van der Waals surface area contributed by atoms with Crippen molar-refractivity contribution in [2.45, 2.75) is 13.5 Å². The van der Waals surface area contributed by atoms with E-state index in [2.05, 4.69) is 15.4 Å². The first-order valence-electron chi connectivity index (χ1n) is 10.1. The number of anilines is 1. The van der Waals surface area contributed by atoms with Gasteiger partial charge in [0.15, 0.2) is 5.69 Å². The van der Waals surface area contributed by atoms with E-state index in [9.17, 15) is 19.2 Å². The van der Waals surface area contributed by atoms with Crippen LogP contribution in [-0.2, 0) is 6.54 Å². The van der Waals surface area contributed by atoms with E-state index in [0.29, 0.717) is 17.8 Å². The molecule has 4 rings (SSSR count). The Morgan fingerprint density at radius 2 is 1.89 bits per heavy atom. The predicted molar refractivity (Wildman–Crippen MR) is 125 cm³/mol. The van der Waals surface area contributed by atoms with Crippen LogP contribution in [0.15, 0.2) is 42.5 Å². The number of nitrogens with zero attached hydrogens (tertiary/aromatic N) is 5. The molecule has 0 saturated carbocycles. The second-order valence-electron chi connectivity index (χ2n) is 7.54. The Balaban J connectivity index is 1.73. The number of halogens is 2. The molecule has 11 heteroatoms. The molecule has 0 aliphatic carbocycles. The number of rotatable bonds is 5.